The van der Waals surface area contributed by atoms with Crippen LogP contribution < -0.4 is 5.32 Å². The molecule has 0 spiro atoms. The number of carbonyl (C=O) groups is 1. The summed E-state index contributed by atoms with van der Waals surface area (Å²) < 4.78 is 1.03. The van der Waals surface area contributed by atoms with Crippen molar-refractivity contribution < 1.29 is 4.79 Å². The van der Waals surface area contributed by atoms with Crippen molar-refractivity contribution in [1.82, 2.24) is 4.98 Å². The maximum Gasteiger partial charge on any atom is 0.259 e. The third-order valence-corrected chi connectivity index (χ3v) is 4.44. The standard InChI is InChI=1S/C15H10Cl2N2OS/c1-8-2-5-12-13(6-8)21-15(18-12)19-14(20)10-7-9(16)3-4-11(10)17/h2-7H,1H3,(H,18,19,20). The molecule has 0 bridgehead atoms. The number of fused-ring (bicyclic) bond motifs is 1. The number of benzene rings is 2. The van der Waals surface area contributed by atoms with Gasteiger partial charge in [0.15, 0.2) is 5.13 Å². The normalized spacial score (nSPS) is 10.8. The lowest BCUT2D eigenvalue weighted by Gasteiger charge is -2.04. The number of rotatable bonds is 2. The van der Waals surface area contributed by atoms with Gasteiger partial charge in [0.25, 0.3) is 5.91 Å². The van der Waals surface area contributed by atoms with Crippen molar-refractivity contribution in [3.05, 3.63) is 57.6 Å². The number of aryl methyl sites for hydroxylation is 1. The van der Waals surface area contributed by atoms with Gasteiger partial charge in [-0.1, -0.05) is 40.6 Å². The maximum absolute atomic E-state index is 12.2. The summed E-state index contributed by atoms with van der Waals surface area (Å²) >= 11 is 13.3. The van der Waals surface area contributed by atoms with Crippen molar-refractivity contribution in [3.8, 4) is 0 Å². The molecule has 0 saturated heterocycles. The molecule has 21 heavy (non-hydrogen) atoms. The fraction of sp³-hybridized carbons (Fsp3) is 0.0667. The Labute approximate surface area is 135 Å². The van der Waals surface area contributed by atoms with Gasteiger partial charge in [0, 0.05) is 5.02 Å². The lowest BCUT2D eigenvalue weighted by molar-refractivity contribution is 0.102. The van der Waals surface area contributed by atoms with Crippen molar-refractivity contribution in [1.29, 1.82) is 0 Å². The number of amides is 1. The number of nitrogens with one attached hydrogen (secondary N) is 1. The second-order valence-corrected chi connectivity index (χ2v) is 6.44. The van der Waals surface area contributed by atoms with E-state index in [1.165, 1.54) is 17.4 Å². The van der Waals surface area contributed by atoms with E-state index in [4.69, 9.17) is 23.2 Å². The average molecular weight is 337 g/mol. The second kappa shape index (κ2) is 5.64. The first-order valence-corrected chi connectivity index (χ1v) is 7.74. The Morgan fingerprint density at radius 1 is 1.19 bits per heavy atom. The lowest BCUT2D eigenvalue weighted by atomic mass is 10.2. The molecule has 0 atom stereocenters. The van der Waals surface area contributed by atoms with Gasteiger partial charge in [-0.25, -0.2) is 4.98 Å². The van der Waals surface area contributed by atoms with Gasteiger partial charge in [0.05, 0.1) is 20.8 Å². The fourth-order valence-corrected chi connectivity index (χ4v) is 3.26. The van der Waals surface area contributed by atoms with E-state index in [9.17, 15) is 4.79 Å². The largest absolute Gasteiger partial charge is 0.298 e. The molecule has 6 heteroatoms. The number of aromatic nitrogens is 1. The number of hydrogen-bond acceptors (Lipinski definition) is 3. The molecule has 0 fully saturated rings. The molecule has 1 amide bonds. The highest BCUT2D eigenvalue weighted by Crippen LogP contribution is 2.28. The van der Waals surface area contributed by atoms with Crippen molar-refractivity contribution in [2.75, 3.05) is 5.32 Å². The molecule has 0 radical (unpaired) electrons. The monoisotopic (exact) mass is 336 g/mol. The Morgan fingerprint density at radius 3 is 2.81 bits per heavy atom. The van der Waals surface area contributed by atoms with Crippen LogP contribution in [0.25, 0.3) is 10.2 Å². The molecule has 3 nitrogen and oxygen atoms in total. The van der Waals surface area contributed by atoms with Crippen molar-refractivity contribution in [2.45, 2.75) is 6.92 Å². The van der Waals surface area contributed by atoms with E-state index in [2.05, 4.69) is 10.3 Å². The molecule has 106 valence electrons. The molecule has 1 heterocycles. The third kappa shape index (κ3) is 3.02. The van der Waals surface area contributed by atoms with Gasteiger partial charge in [-0.2, -0.15) is 0 Å². The SMILES string of the molecule is Cc1ccc2nc(NC(=O)c3cc(Cl)ccc3Cl)sc2c1. The Balaban J connectivity index is 1.90. The Kier molecular flexibility index (Phi) is 3.85. The molecule has 0 saturated carbocycles. The highest BCUT2D eigenvalue weighted by atomic mass is 35.5. The zero-order valence-corrected chi connectivity index (χ0v) is 13.3. The third-order valence-electron chi connectivity index (χ3n) is 2.94. The summed E-state index contributed by atoms with van der Waals surface area (Å²) in [7, 11) is 0. The van der Waals surface area contributed by atoms with E-state index in [1.54, 1.807) is 12.1 Å². The predicted molar refractivity (Wildman–Crippen MR) is 88.8 cm³/mol. The van der Waals surface area contributed by atoms with Crippen LogP contribution in [0.15, 0.2) is 36.4 Å². The second-order valence-electron chi connectivity index (χ2n) is 4.57. The molecule has 0 aliphatic rings. The first-order chi connectivity index (χ1) is 10.0. The van der Waals surface area contributed by atoms with E-state index < -0.39 is 0 Å². The topological polar surface area (TPSA) is 42.0 Å². The zero-order valence-electron chi connectivity index (χ0n) is 11.0. The van der Waals surface area contributed by atoms with Crippen LogP contribution in [0.1, 0.15) is 15.9 Å². The number of nitrogens with zero attached hydrogens (tertiary/aromatic N) is 1. The minimum atomic E-state index is -0.321. The summed E-state index contributed by atoms with van der Waals surface area (Å²) in [5, 5.41) is 4.12. The molecule has 3 rings (SSSR count). The van der Waals surface area contributed by atoms with Crippen LogP contribution in [0.3, 0.4) is 0 Å². The smallest absolute Gasteiger partial charge is 0.259 e. The number of anilines is 1. The van der Waals surface area contributed by atoms with E-state index in [0.29, 0.717) is 20.7 Å². The highest BCUT2D eigenvalue weighted by Gasteiger charge is 2.13. The van der Waals surface area contributed by atoms with E-state index in [1.807, 2.05) is 25.1 Å². The van der Waals surface area contributed by atoms with E-state index in [-0.39, 0.29) is 5.91 Å². The molecule has 0 aliphatic carbocycles. The summed E-state index contributed by atoms with van der Waals surface area (Å²) in [5.41, 5.74) is 2.35. The van der Waals surface area contributed by atoms with Gasteiger partial charge >= 0.3 is 0 Å². The van der Waals surface area contributed by atoms with Crippen LogP contribution in [-0.4, -0.2) is 10.9 Å². The molecule has 0 aliphatic heterocycles. The highest BCUT2D eigenvalue weighted by molar-refractivity contribution is 7.22. The van der Waals surface area contributed by atoms with Crippen LogP contribution in [0.5, 0.6) is 0 Å². The van der Waals surface area contributed by atoms with Crippen molar-refractivity contribution in [2.24, 2.45) is 0 Å². The summed E-state index contributed by atoms with van der Waals surface area (Å²) in [4.78, 5) is 16.6. The van der Waals surface area contributed by atoms with E-state index in [0.717, 1.165) is 15.8 Å². The Bertz CT molecular complexity index is 845. The molecular formula is C15H10Cl2N2OS. The fourth-order valence-electron chi connectivity index (χ4n) is 1.92. The Morgan fingerprint density at radius 2 is 2.00 bits per heavy atom. The molecule has 3 aromatic rings. The zero-order chi connectivity index (χ0) is 15.0. The number of hydrogen-bond donors (Lipinski definition) is 1. The first-order valence-electron chi connectivity index (χ1n) is 6.16. The van der Waals surface area contributed by atoms with Gasteiger partial charge in [0.1, 0.15) is 0 Å². The molecule has 1 aromatic heterocycles. The summed E-state index contributed by atoms with van der Waals surface area (Å²) in [6.07, 6.45) is 0. The Hall–Kier alpha value is -1.62. The molecular weight excluding hydrogens is 327 g/mol. The van der Waals surface area contributed by atoms with Crippen molar-refractivity contribution in [3.63, 3.8) is 0 Å². The van der Waals surface area contributed by atoms with Crippen LogP contribution >= 0.6 is 34.5 Å². The lowest BCUT2D eigenvalue weighted by Crippen LogP contribution is -2.12. The van der Waals surface area contributed by atoms with Crippen LogP contribution in [0.4, 0.5) is 5.13 Å². The minimum Gasteiger partial charge on any atom is -0.298 e. The summed E-state index contributed by atoms with van der Waals surface area (Å²) in [5.74, 6) is -0.321. The molecule has 0 unspecified atom stereocenters. The predicted octanol–water partition coefficient (Wildman–Crippen LogP) is 5.16. The van der Waals surface area contributed by atoms with Gasteiger partial charge in [-0.05, 0) is 42.8 Å². The first kappa shape index (κ1) is 14.3. The van der Waals surface area contributed by atoms with Crippen LogP contribution in [-0.2, 0) is 0 Å². The van der Waals surface area contributed by atoms with Gasteiger partial charge in [0.2, 0.25) is 0 Å². The molecule has 2 aromatic carbocycles. The maximum atomic E-state index is 12.2. The van der Waals surface area contributed by atoms with Gasteiger partial charge < -0.3 is 0 Å². The number of carbonyl (C=O) groups excluding carboxylic acids is 1. The minimum absolute atomic E-state index is 0.321. The van der Waals surface area contributed by atoms with Gasteiger partial charge in [-0.3, -0.25) is 10.1 Å². The van der Waals surface area contributed by atoms with Gasteiger partial charge in [-0.15, -0.1) is 0 Å². The summed E-state index contributed by atoms with van der Waals surface area (Å²) in [6, 6.07) is 10.7. The van der Waals surface area contributed by atoms with Crippen LogP contribution in [0.2, 0.25) is 10.0 Å². The molecule has 1 N–H and O–H groups in total. The number of halogens is 2. The van der Waals surface area contributed by atoms with Crippen LogP contribution in [0, 0.1) is 6.92 Å². The quantitative estimate of drug-likeness (QED) is 0.701. The summed E-state index contributed by atoms with van der Waals surface area (Å²) in [6.45, 7) is 2.02. The average Bonchev–Trinajstić information content (AvgIpc) is 2.82. The van der Waals surface area contributed by atoms with E-state index >= 15 is 0 Å². The van der Waals surface area contributed by atoms with Crippen molar-refractivity contribution >= 4 is 55.8 Å². The number of thiazole rings is 1.